The summed E-state index contributed by atoms with van der Waals surface area (Å²) in [6.07, 6.45) is 14.1. The SMILES string of the molecule is Nc1ncnc2c1c(-c1cccc(OCC34CCC(CC3)O4)c1)cn2[C@H]1CC[C@H](NC(=O)C2CCOCC2)CC1. The van der Waals surface area contributed by atoms with Crippen LogP contribution in [0.5, 0.6) is 5.75 Å². The number of amides is 1. The Bertz CT molecular complexity index is 1370. The summed E-state index contributed by atoms with van der Waals surface area (Å²) in [5.41, 5.74) is 9.24. The molecule has 0 radical (unpaired) electrons. The summed E-state index contributed by atoms with van der Waals surface area (Å²) >= 11 is 0. The lowest BCUT2D eigenvalue weighted by Gasteiger charge is -2.32. The highest BCUT2D eigenvalue weighted by atomic mass is 16.6. The van der Waals surface area contributed by atoms with Gasteiger partial charge < -0.3 is 29.8 Å². The number of benzene rings is 1. The van der Waals surface area contributed by atoms with Crippen molar-refractivity contribution in [1.82, 2.24) is 19.9 Å². The van der Waals surface area contributed by atoms with E-state index in [1.165, 1.54) is 0 Å². The number of rotatable bonds is 7. The predicted molar refractivity (Wildman–Crippen MR) is 152 cm³/mol. The van der Waals surface area contributed by atoms with Crippen molar-refractivity contribution in [3.63, 3.8) is 0 Å². The van der Waals surface area contributed by atoms with Crippen molar-refractivity contribution >= 4 is 22.8 Å². The van der Waals surface area contributed by atoms with Crippen LogP contribution in [0.4, 0.5) is 5.82 Å². The van der Waals surface area contributed by atoms with Crippen LogP contribution >= 0.6 is 0 Å². The Labute approximate surface area is 234 Å². The van der Waals surface area contributed by atoms with Gasteiger partial charge in [-0.3, -0.25) is 4.79 Å². The second-order valence-corrected chi connectivity index (χ2v) is 12.1. The number of nitrogens with zero attached hydrogens (tertiary/aromatic N) is 3. The summed E-state index contributed by atoms with van der Waals surface area (Å²) in [7, 11) is 0. The molecule has 1 aromatic carbocycles. The summed E-state index contributed by atoms with van der Waals surface area (Å²) in [6, 6.07) is 8.74. The molecule has 4 fully saturated rings. The van der Waals surface area contributed by atoms with Gasteiger partial charge in [-0.15, -0.1) is 0 Å². The summed E-state index contributed by atoms with van der Waals surface area (Å²) in [4.78, 5) is 21.8. The molecule has 2 aromatic heterocycles. The van der Waals surface area contributed by atoms with Crippen molar-refractivity contribution in [2.75, 3.05) is 25.6 Å². The number of hydrogen-bond acceptors (Lipinski definition) is 7. The van der Waals surface area contributed by atoms with Crippen molar-refractivity contribution in [3.8, 4) is 16.9 Å². The minimum Gasteiger partial charge on any atom is -0.491 e. The largest absolute Gasteiger partial charge is 0.491 e. The van der Waals surface area contributed by atoms with Gasteiger partial charge in [-0.25, -0.2) is 9.97 Å². The highest BCUT2D eigenvalue weighted by molar-refractivity contribution is 6.00. The molecule has 3 aromatic rings. The van der Waals surface area contributed by atoms with Gasteiger partial charge in [-0.05, 0) is 81.9 Å². The normalized spacial score (nSPS) is 28.6. The zero-order chi connectivity index (χ0) is 27.1. The first-order valence-corrected chi connectivity index (χ1v) is 15.0. The summed E-state index contributed by atoms with van der Waals surface area (Å²) < 4.78 is 20.2. The van der Waals surface area contributed by atoms with E-state index >= 15 is 0 Å². The van der Waals surface area contributed by atoms with E-state index in [2.05, 4.69) is 38.2 Å². The number of ether oxygens (including phenoxy) is 3. The maximum atomic E-state index is 12.8. The third-order valence-corrected chi connectivity index (χ3v) is 9.57. The number of aromatic nitrogens is 3. The minimum atomic E-state index is -0.113. The number of fused-ring (bicyclic) bond motifs is 3. The Kier molecular flexibility index (Phi) is 6.87. The van der Waals surface area contributed by atoms with Crippen molar-refractivity contribution in [3.05, 3.63) is 36.8 Å². The fourth-order valence-corrected chi connectivity index (χ4v) is 7.24. The molecule has 2 bridgehead atoms. The summed E-state index contributed by atoms with van der Waals surface area (Å²) in [5, 5.41) is 4.19. The van der Waals surface area contributed by atoms with Crippen molar-refractivity contribution < 1.29 is 19.0 Å². The molecule has 0 atom stereocenters. The minimum absolute atomic E-state index is 0.0854. The molecule has 7 rings (SSSR count). The smallest absolute Gasteiger partial charge is 0.223 e. The molecule has 3 N–H and O–H groups in total. The number of carbonyl (C=O) groups is 1. The molecule has 1 aliphatic carbocycles. The third-order valence-electron chi connectivity index (χ3n) is 9.57. The molecule has 40 heavy (non-hydrogen) atoms. The Morgan fingerprint density at radius 1 is 1.07 bits per heavy atom. The van der Waals surface area contributed by atoms with E-state index < -0.39 is 0 Å². The van der Waals surface area contributed by atoms with Gasteiger partial charge in [-0.2, -0.15) is 0 Å². The fraction of sp³-hybridized carbons (Fsp3) is 0.581. The topological polar surface area (TPSA) is 114 Å². The van der Waals surface area contributed by atoms with Crippen LogP contribution in [0.1, 0.15) is 70.3 Å². The molecule has 3 saturated heterocycles. The van der Waals surface area contributed by atoms with Gasteiger partial charge in [0.1, 0.15) is 35.7 Å². The van der Waals surface area contributed by atoms with Crippen molar-refractivity contribution in [2.24, 2.45) is 5.92 Å². The summed E-state index contributed by atoms with van der Waals surface area (Å²) in [6.45, 7) is 1.96. The molecule has 9 nitrogen and oxygen atoms in total. The summed E-state index contributed by atoms with van der Waals surface area (Å²) in [5.74, 6) is 1.60. The van der Waals surface area contributed by atoms with Crippen LogP contribution in [0.25, 0.3) is 22.2 Å². The molecule has 212 valence electrons. The molecule has 1 amide bonds. The molecule has 1 saturated carbocycles. The number of nitrogens with one attached hydrogen (secondary N) is 1. The quantitative estimate of drug-likeness (QED) is 0.439. The first-order valence-electron chi connectivity index (χ1n) is 15.0. The second-order valence-electron chi connectivity index (χ2n) is 12.1. The number of nitrogen functional groups attached to an aromatic ring is 1. The predicted octanol–water partition coefficient (Wildman–Crippen LogP) is 4.80. The zero-order valence-corrected chi connectivity index (χ0v) is 23.0. The molecule has 3 aliphatic heterocycles. The van der Waals surface area contributed by atoms with Gasteiger partial charge in [0, 0.05) is 43.0 Å². The first-order chi connectivity index (χ1) is 19.6. The van der Waals surface area contributed by atoms with E-state index in [1.807, 2.05) is 12.1 Å². The third kappa shape index (κ3) is 4.94. The van der Waals surface area contributed by atoms with Crippen LogP contribution in [-0.2, 0) is 14.3 Å². The molecule has 4 aliphatic rings. The van der Waals surface area contributed by atoms with E-state index in [0.29, 0.717) is 31.7 Å². The highest BCUT2D eigenvalue weighted by Gasteiger charge is 2.46. The fourth-order valence-electron chi connectivity index (χ4n) is 7.24. The molecule has 0 unspecified atom stereocenters. The van der Waals surface area contributed by atoms with Crippen LogP contribution in [0.3, 0.4) is 0 Å². The van der Waals surface area contributed by atoms with E-state index in [-0.39, 0.29) is 29.5 Å². The molecule has 5 heterocycles. The lowest BCUT2D eigenvalue weighted by Crippen LogP contribution is -2.42. The number of hydrogen-bond donors (Lipinski definition) is 2. The van der Waals surface area contributed by atoms with Gasteiger partial charge in [-0.1, -0.05) is 12.1 Å². The maximum absolute atomic E-state index is 12.8. The van der Waals surface area contributed by atoms with E-state index in [0.717, 1.165) is 92.1 Å². The van der Waals surface area contributed by atoms with Crippen LogP contribution in [0, 0.1) is 5.92 Å². The number of anilines is 1. The monoisotopic (exact) mass is 545 g/mol. The maximum Gasteiger partial charge on any atom is 0.223 e. The van der Waals surface area contributed by atoms with Gasteiger partial charge in [0.05, 0.1) is 11.5 Å². The first kappa shape index (κ1) is 25.8. The van der Waals surface area contributed by atoms with E-state index in [9.17, 15) is 4.79 Å². The number of nitrogens with two attached hydrogens (primary N) is 1. The molecule has 0 spiro atoms. The van der Waals surface area contributed by atoms with Crippen molar-refractivity contribution in [2.45, 2.75) is 88.0 Å². The zero-order valence-electron chi connectivity index (χ0n) is 23.0. The lowest BCUT2D eigenvalue weighted by molar-refractivity contribution is -0.128. The van der Waals surface area contributed by atoms with Crippen LogP contribution in [0.15, 0.2) is 36.8 Å². The van der Waals surface area contributed by atoms with Crippen LogP contribution in [0.2, 0.25) is 0 Å². The number of carbonyl (C=O) groups excluding carboxylic acids is 1. The lowest BCUT2D eigenvalue weighted by atomic mass is 9.89. The Balaban J connectivity index is 1.08. The van der Waals surface area contributed by atoms with Crippen molar-refractivity contribution in [1.29, 1.82) is 0 Å². The Hall–Kier alpha value is -3.17. The standard InChI is InChI=1S/C31H39N5O4/c32-28-27-26(21-2-1-3-25(16-21)39-18-31-12-8-24(40-31)9-13-31)17-36(29(27)34-19-33-28)23-6-4-22(5-7-23)35-30(37)20-10-14-38-15-11-20/h1-3,16-17,19-20,22-24H,4-15,18H2,(H,35,37)(H2,32,33,34)/t22-,23-,24?,31?. The Morgan fingerprint density at radius 2 is 1.88 bits per heavy atom. The Morgan fingerprint density at radius 3 is 2.62 bits per heavy atom. The van der Waals surface area contributed by atoms with Gasteiger partial charge >= 0.3 is 0 Å². The molecular weight excluding hydrogens is 506 g/mol. The van der Waals surface area contributed by atoms with E-state index in [1.54, 1.807) is 6.33 Å². The van der Waals surface area contributed by atoms with Gasteiger partial charge in [0.25, 0.3) is 0 Å². The highest BCUT2D eigenvalue weighted by Crippen LogP contribution is 2.44. The average Bonchev–Trinajstić information content (AvgIpc) is 3.71. The molecule has 9 heteroatoms. The van der Waals surface area contributed by atoms with Gasteiger partial charge in [0.15, 0.2) is 0 Å². The van der Waals surface area contributed by atoms with E-state index in [4.69, 9.17) is 19.9 Å². The van der Waals surface area contributed by atoms with Crippen LogP contribution < -0.4 is 15.8 Å². The van der Waals surface area contributed by atoms with Gasteiger partial charge in [0.2, 0.25) is 5.91 Å². The average molecular weight is 546 g/mol. The second kappa shape index (κ2) is 10.7. The molecular formula is C31H39N5O4. The van der Waals surface area contributed by atoms with Crippen LogP contribution in [-0.4, -0.2) is 58.0 Å².